The van der Waals surface area contributed by atoms with E-state index >= 15 is 0 Å². The summed E-state index contributed by atoms with van der Waals surface area (Å²) in [5.74, 6) is -1.64. The van der Waals surface area contributed by atoms with Crippen molar-refractivity contribution in [3.63, 3.8) is 0 Å². The topological polar surface area (TPSA) is 93.1 Å². The molecule has 0 aliphatic heterocycles. The summed E-state index contributed by atoms with van der Waals surface area (Å²) in [5.41, 5.74) is 0. The lowest BCUT2D eigenvalue weighted by atomic mass is 10.5. The van der Waals surface area contributed by atoms with Gasteiger partial charge in [-0.3, -0.25) is 9.59 Å². The van der Waals surface area contributed by atoms with Crippen LogP contribution in [0.25, 0.3) is 0 Å². The highest BCUT2D eigenvalue weighted by molar-refractivity contribution is 5.66. The number of ether oxygens (including phenoxy) is 2. The van der Waals surface area contributed by atoms with Crippen LogP contribution in [0.3, 0.4) is 0 Å². The van der Waals surface area contributed by atoms with Crippen molar-refractivity contribution in [3.05, 3.63) is 0 Å². The summed E-state index contributed by atoms with van der Waals surface area (Å²) in [7, 11) is 3.25. The minimum atomic E-state index is -0.833. The first-order valence-corrected chi connectivity index (χ1v) is 4.31. The first kappa shape index (κ1) is 19.4. The SMILES string of the molecule is CC(=O)O.CCOCCC(=O)O.COC. The highest BCUT2D eigenvalue weighted by Crippen LogP contribution is 1.80. The zero-order valence-electron chi connectivity index (χ0n) is 9.65. The zero-order valence-corrected chi connectivity index (χ0v) is 9.65. The molecule has 0 aromatic carbocycles. The van der Waals surface area contributed by atoms with Gasteiger partial charge in [0.15, 0.2) is 0 Å². The van der Waals surface area contributed by atoms with E-state index < -0.39 is 11.9 Å². The first-order valence-electron chi connectivity index (χ1n) is 4.31. The molecule has 6 nitrogen and oxygen atoms in total. The second-order valence-electron chi connectivity index (χ2n) is 2.27. The van der Waals surface area contributed by atoms with E-state index in [1.54, 1.807) is 14.2 Å². The van der Waals surface area contributed by atoms with Gasteiger partial charge in [-0.2, -0.15) is 0 Å². The Morgan fingerprint density at radius 3 is 1.73 bits per heavy atom. The van der Waals surface area contributed by atoms with Gasteiger partial charge >= 0.3 is 5.97 Å². The molecule has 0 bridgehead atoms. The number of aliphatic carboxylic acids is 2. The van der Waals surface area contributed by atoms with E-state index in [1.807, 2.05) is 6.92 Å². The summed E-state index contributed by atoms with van der Waals surface area (Å²) < 4.78 is 9.01. The van der Waals surface area contributed by atoms with Crippen molar-refractivity contribution >= 4 is 11.9 Å². The molecule has 0 aromatic heterocycles. The number of carbonyl (C=O) groups is 2. The van der Waals surface area contributed by atoms with Crippen molar-refractivity contribution in [2.24, 2.45) is 0 Å². The van der Waals surface area contributed by atoms with E-state index in [1.165, 1.54) is 0 Å². The van der Waals surface area contributed by atoms with Gasteiger partial charge in [0, 0.05) is 27.8 Å². The molecule has 6 heteroatoms. The minimum Gasteiger partial charge on any atom is -0.481 e. The quantitative estimate of drug-likeness (QED) is 0.688. The second-order valence-corrected chi connectivity index (χ2v) is 2.27. The highest BCUT2D eigenvalue weighted by Gasteiger charge is 1.92. The lowest BCUT2D eigenvalue weighted by Crippen LogP contribution is -2.01. The van der Waals surface area contributed by atoms with Crippen molar-refractivity contribution in [1.82, 2.24) is 0 Å². The fourth-order valence-electron chi connectivity index (χ4n) is 0.304. The number of rotatable bonds is 4. The van der Waals surface area contributed by atoms with Crippen molar-refractivity contribution in [2.75, 3.05) is 27.4 Å². The van der Waals surface area contributed by atoms with Crippen molar-refractivity contribution in [1.29, 1.82) is 0 Å². The zero-order chi connectivity index (χ0) is 12.7. The molecule has 0 amide bonds. The third-order valence-electron chi connectivity index (χ3n) is 0.664. The maximum Gasteiger partial charge on any atom is 0.305 e. The second kappa shape index (κ2) is 18.6. The molecule has 0 unspecified atom stereocenters. The molecule has 92 valence electrons. The Labute approximate surface area is 89.8 Å². The average molecular weight is 224 g/mol. The minimum absolute atomic E-state index is 0.105. The molecule has 0 spiro atoms. The van der Waals surface area contributed by atoms with E-state index in [9.17, 15) is 4.79 Å². The molecule has 0 heterocycles. The van der Waals surface area contributed by atoms with E-state index in [0.717, 1.165) is 6.92 Å². The third kappa shape index (κ3) is 102. The molecule has 0 aliphatic rings. The summed E-state index contributed by atoms with van der Waals surface area (Å²) >= 11 is 0. The Kier molecular flexibility index (Phi) is 24.1. The van der Waals surface area contributed by atoms with Crippen LogP contribution in [-0.2, 0) is 19.1 Å². The largest absolute Gasteiger partial charge is 0.481 e. The van der Waals surface area contributed by atoms with Crippen LogP contribution in [0.2, 0.25) is 0 Å². The van der Waals surface area contributed by atoms with Crippen LogP contribution in [0.5, 0.6) is 0 Å². The van der Waals surface area contributed by atoms with Crippen LogP contribution in [0.1, 0.15) is 20.3 Å². The molecule has 0 rings (SSSR count). The molecule has 0 saturated heterocycles. The summed E-state index contributed by atoms with van der Waals surface area (Å²) in [6, 6.07) is 0. The van der Waals surface area contributed by atoms with E-state index in [-0.39, 0.29) is 6.42 Å². The molecule has 15 heavy (non-hydrogen) atoms. The molecular formula is C9H20O6. The van der Waals surface area contributed by atoms with Crippen LogP contribution in [0.15, 0.2) is 0 Å². The molecule has 0 fully saturated rings. The maximum absolute atomic E-state index is 9.79. The maximum atomic E-state index is 9.79. The van der Waals surface area contributed by atoms with Gasteiger partial charge in [-0.15, -0.1) is 0 Å². The molecule has 0 aromatic rings. The monoisotopic (exact) mass is 224 g/mol. The standard InChI is InChI=1S/C5H10O3.C2H4O2.C2H6O/c1-2-8-4-3-5(6)7;1-2(3)4;1-3-2/h2-4H2,1H3,(H,6,7);1H3,(H,3,4);1-2H3. The van der Waals surface area contributed by atoms with Gasteiger partial charge in [0.2, 0.25) is 0 Å². The summed E-state index contributed by atoms with van der Waals surface area (Å²) in [5, 5.41) is 15.5. The summed E-state index contributed by atoms with van der Waals surface area (Å²) in [6.45, 7) is 3.83. The van der Waals surface area contributed by atoms with Gasteiger partial charge in [-0.1, -0.05) is 0 Å². The van der Waals surface area contributed by atoms with Gasteiger partial charge < -0.3 is 19.7 Å². The molecule has 0 aliphatic carbocycles. The van der Waals surface area contributed by atoms with E-state index in [4.69, 9.17) is 19.7 Å². The van der Waals surface area contributed by atoms with Crippen LogP contribution in [0.4, 0.5) is 0 Å². The average Bonchev–Trinajstić information content (AvgIpc) is 2.04. The van der Waals surface area contributed by atoms with Crippen LogP contribution in [0, 0.1) is 0 Å². The Bertz CT molecular complexity index is 142. The Morgan fingerprint density at radius 2 is 1.53 bits per heavy atom. The number of hydrogen-bond acceptors (Lipinski definition) is 4. The number of hydrogen-bond donors (Lipinski definition) is 2. The molecular weight excluding hydrogens is 204 g/mol. The molecule has 0 radical (unpaired) electrons. The molecule has 0 saturated carbocycles. The highest BCUT2D eigenvalue weighted by atomic mass is 16.5. The fraction of sp³-hybridized carbons (Fsp3) is 0.778. The van der Waals surface area contributed by atoms with Crippen molar-refractivity contribution in [3.8, 4) is 0 Å². The van der Waals surface area contributed by atoms with Gasteiger partial charge in [0.1, 0.15) is 0 Å². The summed E-state index contributed by atoms with van der Waals surface area (Å²) in [4.78, 5) is 18.8. The smallest absolute Gasteiger partial charge is 0.305 e. The normalized spacial score (nSPS) is 7.73. The molecule has 0 atom stereocenters. The third-order valence-corrected chi connectivity index (χ3v) is 0.664. The van der Waals surface area contributed by atoms with Gasteiger partial charge in [-0.25, -0.2) is 0 Å². The van der Waals surface area contributed by atoms with Gasteiger partial charge in [-0.05, 0) is 6.92 Å². The van der Waals surface area contributed by atoms with E-state index in [2.05, 4.69) is 4.74 Å². The Morgan fingerprint density at radius 1 is 1.20 bits per heavy atom. The fourth-order valence-corrected chi connectivity index (χ4v) is 0.304. The number of methoxy groups -OCH3 is 1. The lowest BCUT2D eigenvalue weighted by molar-refractivity contribution is -0.138. The van der Waals surface area contributed by atoms with Crippen LogP contribution >= 0.6 is 0 Å². The van der Waals surface area contributed by atoms with E-state index in [0.29, 0.717) is 13.2 Å². The van der Waals surface area contributed by atoms with Gasteiger partial charge in [0.25, 0.3) is 5.97 Å². The van der Waals surface area contributed by atoms with Gasteiger partial charge in [0.05, 0.1) is 13.0 Å². The van der Waals surface area contributed by atoms with Crippen LogP contribution in [-0.4, -0.2) is 49.6 Å². The molecule has 2 N–H and O–H groups in total. The summed E-state index contributed by atoms with van der Waals surface area (Å²) in [6.07, 6.45) is 0.105. The predicted molar refractivity (Wildman–Crippen MR) is 55.0 cm³/mol. The Hall–Kier alpha value is -1.14. The Balaban J connectivity index is -0.000000173. The lowest BCUT2D eigenvalue weighted by Gasteiger charge is -1.93. The predicted octanol–water partition coefficient (Wildman–Crippen LogP) is 0.851. The van der Waals surface area contributed by atoms with Crippen LogP contribution < -0.4 is 0 Å². The first-order chi connectivity index (χ1) is 6.92. The number of carboxylic acid groups (broad SMARTS) is 2. The van der Waals surface area contributed by atoms with Crippen molar-refractivity contribution in [2.45, 2.75) is 20.3 Å². The number of carboxylic acids is 2. The van der Waals surface area contributed by atoms with Crippen molar-refractivity contribution < 1.29 is 29.3 Å².